The van der Waals surface area contributed by atoms with Crippen molar-refractivity contribution < 1.29 is 14.3 Å². The van der Waals surface area contributed by atoms with Crippen molar-refractivity contribution >= 4 is 23.4 Å². The van der Waals surface area contributed by atoms with Crippen LogP contribution in [0.3, 0.4) is 0 Å². The molecule has 1 aromatic carbocycles. The molecule has 0 radical (unpaired) electrons. The van der Waals surface area contributed by atoms with Crippen LogP contribution >= 0.6 is 11.6 Å². The summed E-state index contributed by atoms with van der Waals surface area (Å²) in [5.74, 6) is -1.03. The molecule has 0 fully saturated rings. The summed E-state index contributed by atoms with van der Waals surface area (Å²) >= 11 is 5.97. The molecule has 0 spiro atoms. The van der Waals surface area contributed by atoms with Crippen LogP contribution in [0.15, 0.2) is 24.3 Å². The van der Waals surface area contributed by atoms with Gasteiger partial charge in [-0.25, -0.2) is 4.79 Å². The predicted molar refractivity (Wildman–Crippen MR) is 69.5 cm³/mol. The Morgan fingerprint density at radius 3 is 2.63 bits per heavy atom. The van der Waals surface area contributed by atoms with E-state index in [4.69, 9.17) is 11.6 Å². The lowest BCUT2D eigenvalue weighted by molar-refractivity contribution is 0.0597. The van der Waals surface area contributed by atoms with Gasteiger partial charge in [-0.05, 0) is 19.1 Å². The zero-order valence-electron chi connectivity index (χ0n) is 10.4. The van der Waals surface area contributed by atoms with Gasteiger partial charge in [-0.1, -0.05) is 23.7 Å². The highest BCUT2D eigenvalue weighted by molar-refractivity contribution is 6.35. The number of hydrogen-bond acceptors (Lipinski definition) is 4. The van der Waals surface area contributed by atoms with Gasteiger partial charge in [0.25, 0.3) is 0 Å². The van der Waals surface area contributed by atoms with Crippen molar-refractivity contribution in [3.05, 3.63) is 51.8 Å². The molecular formula is C13H11ClN2O3. The minimum Gasteiger partial charge on any atom is -0.465 e. The van der Waals surface area contributed by atoms with Crippen LogP contribution in [-0.2, 0) is 4.74 Å². The lowest BCUT2D eigenvalue weighted by Gasteiger charge is -2.03. The monoisotopic (exact) mass is 278 g/mol. The number of carbonyl (C=O) groups excluding carboxylic acids is 2. The van der Waals surface area contributed by atoms with Crippen molar-refractivity contribution in [3.8, 4) is 0 Å². The van der Waals surface area contributed by atoms with Gasteiger partial charge in [0.1, 0.15) is 11.3 Å². The third kappa shape index (κ3) is 2.37. The number of methoxy groups -OCH3 is 1. The highest BCUT2D eigenvalue weighted by Crippen LogP contribution is 2.21. The Labute approximate surface area is 114 Å². The maximum Gasteiger partial charge on any atom is 0.342 e. The molecule has 6 heteroatoms. The average Bonchev–Trinajstić information content (AvgIpc) is 2.79. The van der Waals surface area contributed by atoms with Gasteiger partial charge in [-0.3, -0.25) is 9.89 Å². The smallest absolute Gasteiger partial charge is 0.342 e. The lowest BCUT2D eigenvalue weighted by atomic mass is 10.0. The number of hydrogen-bond donors (Lipinski definition) is 1. The van der Waals surface area contributed by atoms with Gasteiger partial charge < -0.3 is 4.74 Å². The van der Waals surface area contributed by atoms with E-state index in [-0.39, 0.29) is 11.3 Å². The first-order valence-electron chi connectivity index (χ1n) is 5.48. The highest BCUT2D eigenvalue weighted by atomic mass is 35.5. The van der Waals surface area contributed by atoms with Crippen molar-refractivity contribution in [1.29, 1.82) is 0 Å². The molecule has 0 atom stereocenters. The molecule has 0 saturated carbocycles. The summed E-state index contributed by atoms with van der Waals surface area (Å²) in [6.45, 7) is 1.64. The Bertz CT molecular complexity index is 649. The normalized spacial score (nSPS) is 10.3. The second-order valence-corrected chi connectivity index (χ2v) is 4.28. The summed E-state index contributed by atoms with van der Waals surface area (Å²) in [7, 11) is 1.25. The maximum atomic E-state index is 12.3. The van der Waals surface area contributed by atoms with Gasteiger partial charge in [-0.15, -0.1) is 0 Å². The van der Waals surface area contributed by atoms with Crippen molar-refractivity contribution in [2.75, 3.05) is 7.11 Å². The number of esters is 1. The molecule has 0 bridgehead atoms. The van der Waals surface area contributed by atoms with Crippen molar-refractivity contribution in [2.45, 2.75) is 6.92 Å². The van der Waals surface area contributed by atoms with Crippen molar-refractivity contribution in [2.24, 2.45) is 0 Å². The van der Waals surface area contributed by atoms with Gasteiger partial charge in [-0.2, -0.15) is 5.10 Å². The molecule has 0 unspecified atom stereocenters. The fourth-order valence-electron chi connectivity index (χ4n) is 1.72. The first-order valence-corrected chi connectivity index (χ1v) is 5.86. The number of aromatic amines is 1. The Morgan fingerprint density at radius 1 is 1.32 bits per heavy atom. The number of H-pyrrole nitrogens is 1. The fourth-order valence-corrected chi connectivity index (χ4v) is 1.94. The van der Waals surface area contributed by atoms with Crippen LogP contribution in [0.5, 0.6) is 0 Å². The van der Waals surface area contributed by atoms with Gasteiger partial charge in [0.05, 0.1) is 12.1 Å². The van der Waals surface area contributed by atoms with Gasteiger partial charge in [0.15, 0.2) is 0 Å². The molecule has 1 N–H and O–H groups in total. The molecule has 5 nitrogen and oxygen atoms in total. The van der Waals surface area contributed by atoms with E-state index in [1.54, 1.807) is 31.2 Å². The van der Waals surface area contributed by atoms with E-state index in [1.165, 1.54) is 7.11 Å². The number of ketones is 1. The third-order valence-corrected chi connectivity index (χ3v) is 3.00. The molecule has 1 heterocycles. The van der Waals surface area contributed by atoms with Crippen LogP contribution < -0.4 is 0 Å². The molecule has 0 saturated heterocycles. The predicted octanol–water partition coefficient (Wildman–Crippen LogP) is 2.39. The first kappa shape index (κ1) is 13.3. The molecule has 2 aromatic rings. The van der Waals surface area contributed by atoms with E-state index in [9.17, 15) is 9.59 Å². The summed E-state index contributed by atoms with van der Waals surface area (Å²) in [5.41, 5.74) is 0.910. The number of nitrogens with one attached hydrogen (secondary N) is 1. The van der Waals surface area contributed by atoms with Crippen molar-refractivity contribution in [1.82, 2.24) is 10.2 Å². The summed E-state index contributed by atoms with van der Waals surface area (Å²) in [6, 6.07) is 6.59. The minimum absolute atomic E-state index is 0.0115. The Kier molecular flexibility index (Phi) is 3.66. The largest absolute Gasteiger partial charge is 0.465 e. The Balaban J connectivity index is 2.52. The van der Waals surface area contributed by atoms with E-state index in [1.807, 2.05) is 0 Å². The number of nitrogens with zero attached hydrogens (tertiary/aromatic N) is 1. The quantitative estimate of drug-likeness (QED) is 0.691. The number of benzene rings is 1. The molecule has 2 rings (SSSR count). The highest BCUT2D eigenvalue weighted by Gasteiger charge is 2.25. The van der Waals surface area contributed by atoms with Crippen LogP contribution in [0.4, 0.5) is 0 Å². The van der Waals surface area contributed by atoms with Crippen LogP contribution in [0.2, 0.25) is 5.02 Å². The summed E-state index contributed by atoms with van der Waals surface area (Å²) in [6.07, 6.45) is 0. The van der Waals surface area contributed by atoms with Gasteiger partial charge in [0, 0.05) is 11.3 Å². The van der Waals surface area contributed by atoms with E-state index < -0.39 is 11.8 Å². The lowest BCUT2D eigenvalue weighted by Crippen LogP contribution is -2.11. The number of aryl methyl sites for hydroxylation is 1. The van der Waals surface area contributed by atoms with E-state index in [0.29, 0.717) is 16.3 Å². The molecule has 98 valence electrons. The minimum atomic E-state index is -0.610. The molecule has 0 aliphatic heterocycles. The summed E-state index contributed by atoms with van der Waals surface area (Å²) in [5, 5.41) is 6.79. The Hall–Kier alpha value is -2.14. The average molecular weight is 279 g/mol. The fraction of sp³-hybridized carbons (Fsp3) is 0.154. The molecule has 19 heavy (non-hydrogen) atoms. The number of ether oxygens (including phenoxy) is 1. The number of rotatable bonds is 3. The summed E-state index contributed by atoms with van der Waals surface area (Å²) in [4.78, 5) is 24.0. The third-order valence-electron chi connectivity index (χ3n) is 2.67. The standard InChI is InChI=1S/C13H11ClN2O3/c1-7-10(13(18)19-2)11(16-15-7)12(17)8-5-3-4-6-9(8)14/h3-6H,1-2H3,(H,15,16). The second kappa shape index (κ2) is 5.24. The Morgan fingerprint density at radius 2 is 2.00 bits per heavy atom. The summed E-state index contributed by atoms with van der Waals surface area (Å²) < 4.78 is 4.65. The van der Waals surface area contributed by atoms with Crippen LogP contribution in [0, 0.1) is 6.92 Å². The van der Waals surface area contributed by atoms with E-state index in [0.717, 1.165) is 0 Å². The van der Waals surface area contributed by atoms with E-state index >= 15 is 0 Å². The van der Waals surface area contributed by atoms with Gasteiger partial charge in [0.2, 0.25) is 5.78 Å². The zero-order valence-corrected chi connectivity index (χ0v) is 11.1. The van der Waals surface area contributed by atoms with Crippen LogP contribution in [0.25, 0.3) is 0 Å². The van der Waals surface area contributed by atoms with Gasteiger partial charge >= 0.3 is 5.97 Å². The van der Waals surface area contributed by atoms with Crippen LogP contribution in [-0.4, -0.2) is 29.1 Å². The number of halogens is 1. The molecular weight excluding hydrogens is 268 g/mol. The van der Waals surface area contributed by atoms with Crippen LogP contribution in [0.1, 0.15) is 32.1 Å². The number of carbonyl (C=O) groups is 2. The molecule has 0 amide bonds. The molecule has 0 aliphatic carbocycles. The van der Waals surface area contributed by atoms with E-state index in [2.05, 4.69) is 14.9 Å². The zero-order chi connectivity index (χ0) is 14.0. The maximum absolute atomic E-state index is 12.3. The topological polar surface area (TPSA) is 72.1 Å². The number of aromatic nitrogens is 2. The SMILES string of the molecule is COC(=O)c1c(C(=O)c2ccccc2Cl)n[nH]c1C. The first-order chi connectivity index (χ1) is 9.06. The second-order valence-electron chi connectivity index (χ2n) is 3.87. The molecule has 1 aromatic heterocycles. The van der Waals surface area contributed by atoms with Crippen molar-refractivity contribution in [3.63, 3.8) is 0 Å². The molecule has 0 aliphatic rings.